The van der Waals surface area contributed by atoms with Crippen LogP contribution >= 0.6 is 0 Å². The average Bonchev–Trinajstić information content (AvgIpc) is 2.70. The van der Waals surface area contributed by atoms with E-state index in [-0.39, 0.29) is 24.6 Å². The van der Waals surface area contributed by atoms with Crippen molar-refractivity contribution in [1.29, 1.82) is 0 Å². The number of nitrogens with one attached hydrogen (secondary N) is 1. The summed E-state index contributed by atoms with van der Waals surface area (Å²) in [5, 5.41) is 21.5. The lowest BCUT2D eigenvalue weighted by molar-refractivity contribution is -0.141. The molecule has 0 spiro atoms. The van der Waals surface area contributed by atoms with E-state index in [9.17, 15) is 14.7 Å². The standard InChI is InChI=1S/C13H22N2O5/c1-13(2)6-8(3-4-20-13)14-12(19)15-7-9(16)5-10(15)11(17)18/h8-10,16H,3-7H2,1-2H3,(H,14,19)(H,17,18)/t8?,9-,10-/m1/s1. The Kier molecular flexibility index (Phi) is 4.19. The number of hydrogen-bond acceptors (Lipinski definition) is 4. The minimum atomic E-state index is -1.08. The average molecular weight is 286 g/mol. The predicted octanol–water partition coefficient (Wildman–Crippen LogP) is 0.173. The first-order valence-electron chi connectivity index (χ1n) is 6.90. The summed E-state index contributed by atoms with van der Waals surface area (Å²) in [6, 6.07) is -1.40. The van der Waals surface area contributed by atoms with Gasteiger partial charge in [-0.3, -0.25) is 0 Å². The Balaban J connectivity index is 1.95. The van der Waals surface area contributed by atoms with Crippen molar-refractivity contribution >= 4 is 12.0 Å². The number of carboxylic acid groups (broad SMARTS) is 1. The minimum Gasteiger partial charge on any atom is -0.480 e. The van der Waals surface area contributed by atoms with Crippen LogP contribution in [-0.4, -0.2) is 64.1 Å². The van der Waals surface area contributed by atoms with Crippen LogP contribution in [0.5, 0.6) is 0 Å². The molecule has 2 heterocycles. The maximum atomic E-state index is 12.2. The Morgan fingerprint density at radius 3 is 2.70 bits per heavy atom. The van der Waals surface area contributed by atoms with Gasteiger partial charge in [0, 0.05) is 25.6 Å². The third kappa shape index (κ3) is 3.40. The molecule has 0 saturated carbocycles. The highest BCUT2D eigenvalue weighted by molar-refractivity contribution is 5.83. The van der Waals surface area contributed by atoms with Crippen molar-refractivity contribution in [3.63, 3.8) is 0 Å². The van der Waals surface area contributed by atoms with Gasteiger partial charge in [0.1, 0.15) is 6.04 Å². The van der Waals surface area contributed by atoms with Crippen LogP contribution in [0.2, 0.25) is 0 Å². The van der Waals surface area contributed by atoms with Crippen LogP contribution in [0, 0.1) is 0 Å². The number of hydrogen-bond donors (Lipinski definition) is 3. The van der Waals surface area contributed by atoms with Gasteiger partial charge in [0.15, 0.2) is 0 Å². The largest absolute Gasteiger partial charge is 0.480 e. The summed E-state index contributed by atoms with van der Waals surface area (Å²) >= 11 is 0. The van der Waals surface area contributed by atoms with Crippen molar-refractivity contribution in [3.05, 3.63) is 0 Å². The second-order valence-electron chi connectivity index (χ2n) is 6.14. The maximum absolute atomic E-state index is 12.2. The molecular weight excluding hydrogens is 264 g/mol. The third-order valence-corrected chi connectivity index (χ3v) is 3.85. The van der Waals surface area contributed by atoms with Crippen LogP contribution in [0.3, 0.4) is 0 Å². The van der Waals surface area contributed by atoms with Crippen molar-refractivity contribution < 1.29 is 24.5 Å². The number of aliphatic carboxylic acids is 1. The van der Waals surface area contributed by atoms with Crippen LogP contribution < -0.4 is 5.32 Å². The molecule has 7 heteroatoms. The molecule has 0 aromatic carbocycles. The predicted molar refractivity (Wildman–Crippen MR) is 70.3 cm³/mol. The zero-order chi connectivity index (χ0) is 14.9. The number of β-amino-alcohol motifs (C(OH)–C–C–N with tert-alkyl or cyclic N) is 1. The fourth-order valence-corrected chi connectivity index (χ4v) is 2.88. The number of carbonyl (C=O) groups excluding carboxylic acids is 1. The highest BCUT2D eigenvalue weighted by Gasteiger charge is 2.40. The van der Waals surface area contributed by atoms with E-state index in [4.69, 9.17) is 9.84 Å². The summed E-state index contributed by atoms with van der Waals surface area (Å²) in [6.07, 6.45) is 0.714. The molecule has 0 aliphatic carbocycles. The van der Waals surface area contributed by atoms with Crippen LogP contribution in [0.4, 0.5) is 4.79 Å². The molecule has 114 valence electrons. The number of nitrogens with zero attached hydrogens (tertiary/aromatic N) is 1. The van der Waals surface area contributed by atoms with Gasteiger partial charge >= 0.3 is 12.0 Å². The molecule has 2 amide bonds. The number of urea groups is 1. The van der Waals surface area contributed by atoms with E-state index in [0.717, 1.165) is 0 Å². The molecule has 1 unspecified atom stereocenters. The van der Waals surface area contributed by atoms with Gasteiger partial charge in [-0.1, -0.05) is 0 Å². The number of carboxylic acids is 1. The first-order chi connectivity index (χ1) is 9.28. The third-order valence-electron chi connectivity index (χ3n) is 3.85. The van der Waals surface area contributed by atoms with Crippen molar-refractivity contribution in [2.24, 2.45) is 0 Å². The van der Waals surface area contributed by atoms with E-state index < -0.39 is 24.1 Å². The Morgan fingerprint density at radius 2 is 2.10 bits per heavy atom. The number of aliphatic hydroxyl groups is 1. The number of aliphatic hydroxyl groups excluding tert-OH is 1. The fourth-order valence-electron chi connectivity index (χ4n) is 2.88. The lowest BCUT2D eigenvalue weighted by Gasteiger charge is -2.36. The molecule has 2 saturated heterocycles. The summed E-state index contributed by atoms with van der Waals surface area (Å²) < 4.78 is 5.58. The van der Waals surface area contributed by atoms with E-state index >= 15 is 0 Å². The normalized spacial score (nSPS) is 33.0. The molecule has 0 aromatic rings. The molecule has 3 N–H and O–H groups in total. The molecule has 2 aliphatic rings. The number of amides is 2. The molecule has 0 bridgehead atoms. The van der Waals surface area contributed by atoms with Gasteiger partial charge in [0.05, 0.1) is 11.7 Å². The summed E-state index contributed by atoms with van der Waals surface area (Å²) in [4.78, 5) is 24.5. The van der Waals surface area contributed by atoms with E-state index in [1.54, 1.807) is 0 Å². The van der Waals surface area contributed by atoms with E-state index in [2.05, 4.69) is 5.32 Å². The van der Waals surface area contributed by atoms with Crippen LogP contribution in [0.15, 0.2) is 0 Å². The lowest BCUT2D eigenvalue weighted by Crippen LogP contribution is -2.52. The van der Waals surface area contributed by atoms with Crippen molar-refractivity contribution in [3.8, 4) is 0 Å². The molecule has 7 nitrogen and oxygen atoms in total. The van der Waals surface area contributed by atoms with E-state index in [1.807, 2.05) is 13.8 Å². The number of likely N-dealkylation sites (tertiary alicyclic amines) is 1. The number of ether oxygens (including phenoxy) is 1. The zero-order valence-electron chi connectivity index (χ0n) is 11.8. The summed E-state index contributed by atoms with van der Waals surface area (Å²) in [5.74, 6) is -1.08. The smallest absolute Gasteiger partial charge is 0.326 e. The maximum Gasteiger partial charge on any atom is 0.326 e. The van der Waals surface area contributed by atoms with Gasteiger partial charge in [-0.2, -0.15) is 0 Å². The van der Waals surface area contributed by atoms with Crippen molar-refractivity contribution in [2.45, 2.75) is 56.9 Å². The lowest BCUT2D eigenvalue weighted by atomic mass is 9.94. The number of rotatable bonds is 2. The first kappa shape index (κ1) is 15.1. The highest BCUT2D eigenvalue weighted by Crippen LogP contribution is 2.25. The van der Waals surface area contributed by atoms with Gasteiger partial charge in [-0.05, 0) is 26.7 Å². The fraction of sp³-hybridized carbons (Fsp3) is 0.846. The zero-order valence-corrected chi connectivity index (χ0v) is 11.8. The van der Waals surface area contributed by atoms with E-state index in [1.165, 1.54) is 4.90 Å². The molecule has 2 rings (SSSR count). The van der Waals surface area contributed by atoms with Crippen LogP contribution in [0.1, 0.15) is 33.1 Å². The molecule has 2 aliphatic heterocycles. The Bertz CT molecular complexity index is 398. The SMILES string of the molecule is CC1(C)CC(NC(=O)N2C[C@H](O)C[C@@H]2C(=O)O)CCO1. The van der Waals surface area contributed by atoms with Crippen molar-refractivity contribution in [2.75, 3.05) is 13.2 Å². The molecule has 3 atom stereocenters. The number of carbonyl (C=O) groups is 2. The molecule has 20 heavy (non-hydrogen) atoms. The van der Waals surface area contributed by atoms with Gasteiger partial charge in [-0.25, -0.2) is 9.59 Å². The van der Waals surface area contributed by atoms with Crippen molar-refractivity contribution in [1.82, 2.24) is 10.2 Å². The highest BCUT2D eigenvalue weighted by atomic mass is 16.5. The topological polar surface area (TPSA) is 99.1 Å². The second-order valence-corrected chi connectivity index (χ2v) is 6.14. The first-order valence-corrected chi connectivity index (χ1v) is 6.90. The monoisotopic (exact) mass is 286 g/mol. The quantitative estimate of drug-likeness (QED) is 0.672. The van der Waals surface area contributed by atoms with Crippen LogP contribution in [-0.2, 0) is 9.53 Å². The van der Waals surface area contributed by atoms with E-state index in [0.29, 0.717) is 19.4 Å². The molecule has 0 radical (unpaired) electrons. The molecule has 0 aromatic heterocycles. The van der Waals surface area contributed by atoms with Gasteiger partial charge in [0.2, 0.25) is 0 Å². The molecule has 2 fully saturated rings. The van der Waals surface area contributed by atoms with Gasteiger partial charge in [0.25, 0.3) is 0 Å². The van der Waals surface area contributed by atoms with Crippen LogP contribution in [0.25, 0.3) is 0 Å². The Morgan fingerprint density at radius 1 is 1.40 bits per heavy atom. The second kappa shape index (κ2) is 5.57. The van der Waals surface area contributed by atoms with Gasteiger partial charge in [-0.15, -0.1) is 0 Å². The Labute approximate surface area is 117 Å². The minimum absolute atomic E-state index is 0.0292. The molecular formula is C13H22N2O5. The van der Waals surface area contributed by atoms with Gasteiger partial charge < -0.3 is 25.2 Å². The Hall–Kier alpha value is -1.34. The summed E-state index contributed by atoms with van der Waals surface area (Å²) in [5.41, 5.74) is -0.285. The summed E-state index contributed by atoms with van der Waals surface area (Å²) in [7, 11) is 0. The summed E-state index contributed by atoms with van der Waals surface area (Å²) in [6.45, 7) is 4.56.